The maximum Gasteiger partial charge on any atom is 0.315 e. The van der Waals surface area contributed by atoms with Gasteiger partial charge in [-0.2, -0.15) is 0 Å². The Morgan fingerprint density at radius 1 is 1.27 bits per heavy atom. The summed E-state index contributed by atoms with van der Waals surface area (Å²) >= 11 is 0. The lowest BCUT2D eigenvalue weighted by molar-refractivity contribution is 0.240. The van der Waals surface area contributed by atoms with Gasteiger partial charge in [-0.25, -0.2) is 4.79 Å². The monoisotopic (exact) mass is 298 g/mol. The Labute approximate surface area is 130 Å². The van der Waals surface area contributed by atoms with Crippen molar-refractivity contribution in [3.05, 3.63) is 42.0 Å². The van der Waals surface area contributed by atoms with Crippen molar-refractivity contribution >= 4 is 16.8 Å². The van der Waals surface area contributed by atoms with E-state index in [0.29, 0.717) is 12.6 Å². The summed E-state index contributed by atoms with van der Waals surface area (Å²) in [5, 5.41) is 8.30. The van der Waals surface area contributed by atoms with E-state index in [-0.39, 0.29) is 6.03 Å². The van der Waals surface area contributed by atoms with Crippen molar-refractivity contribution in [3.8, 4) is 5.75 Å². The molecule has 0 bridgehead atoms. The summed E-state index contributed by atoms with van der Waals surface area (Å²) in [5.41, 5.74) is 1.29. The smallest absolute Gasteiger partial charge is 0.315 e. The van der Waals surface area contributed by atoms with E-state index in [9.17, 15) is 4.79 Å². The molecule has 0 saturated heterocycles. The molecular formula is C18H22N2O2. The number of nitrogens with one attached hydrogen (secondary N) is 2. The van der Waals surface area contributed by atoms with E-state index >= 15 is 0 Å². The van der Waals surface area contributed by atoms with E-state index in [2.05, 4.69) is 41.0 Å². The van der Waals surface area contributed by atoms with Crippen molar-refractivity contribution in [3.63, 3.8) is 0 Å². The first-order chi connectivity index (χ1) is 10.8. The molecule has 2 aromatic carbocycles. The number of rotatable bonds is 6. The Balaban J connectivity index is 1.57. The van der Waals surface area contributed by atoms with Crippen LogP contribution in [0.1, 0.15) is 24.8 Å². The molecule has 22 heavy (non-hydrogen) atoms. The van der Waals surface area contributed by atoms with Crippen LogP contribution in [0.5, 0.6) is 5.75 Å². The molecule has 4 heteroatoms. The van der Waals surface area contributed by atoms with E-state index in [0.717, 1.165) is 31.4 Å². The Hall–Kier alpha value is -2.23. The topological polar surface area (TPSA) is 50.4 Å². The highest BCUT2D eigenvalue weighted by Gasteiger charge is 2.22. The van der Waals surface area contributed by atoms with E-state index in [1.54, 1.807) is 7.11 Å². The summed E-state index contributed by atoms with van der Waals surface area (Å²) in [7, 11) is 1.69. The van der Waals surface area contributed by atoms with Gasteiger partial charge in [-0.1, -0.05) is 24.3 Å². The number of ether oxygens (including phenoxy) is 1. The summed E-state index contributed by atoms with van der Waals surface area (Å²) in [6.45, 7) is 0.693. The van der Waals surface area contributed by atoms with Crippen LogP contribution in [-0.4, -0.2) is 25.7 Å². The van der Waals surface area contributed by atoms with Gasteiger partial charge in [0.05, 0.1) is 7.11 Å². The first-order valence-corrected chi connectivity index (χ1v) is 7.86. The normalized spacial score (nSPS) is 13.9. The number of hydrogen-bond donors (Lipinski definition) is 2. The van der Waals surface area contributed by atoms with Crippen LogP contribution in [-0.2, 0) is 6.42 Å². The average molecular weight is 298 g/mol. The highest BCUT2D eigenvalue weighted by molar-refractivity contribution is 5.87. The maximum atomic E-state index is 11.6. The number of aryl methyl sites for hydroxylation is 1. The lowest BCUT2D eigenvalue weighted by atomic mass is 10.0. The molecule has 3 rings (SSSR count). The SMILES string of the molecule is COc1ccc2cccc(CCCNC(=O)NC3CC3)c2c1. The lowest BCUT2D eigenvalue weighted by Gasteiger charge is -2.09. The Morgan fingerprint density at radius 3 is 2.91 bits per heavy atom. The van der Waals surface area contributed by atoms with Crippen LogP contribution >= 0.6 is 0 Å². The van der Waals surface area contributed by atoms with Crippen molar-refractivity contribution in [1.82, 2.24) is 10.6 Å². The molecule has 0 spiro atoms. The molecule has 2 amide bonds. The fourth-order valence-corrected chi connectivity index (χ4v) is 2.61. The van der Waals surface area contributed by atoms with Gasteiger partial charge in [0, 0.05) is 12.6 Å². The zero-order valence-corrected chi connectivity index (χ0v) is 12.9. The Kier molecular flexibility index (Phi) is 4.47. The summed E-state index contributed by atoms with van der Waals surface area (Å²) in [5.74, 6) is 0.877. The molecular weight excluding hydrogens is 276 g/mol. The summed E-state index contributed by atoms with van der Waals surface area (Å²) in [6, 6.07) is 12.9. The number of methoxy groups -OCH3 is 1. The van der Waals surface area contributed by atoms with E-state index in [1.165, 1.54) is 16.3 Å². The van der Waals surface area contributed by atoms with Gasteiger partial charge in [0.15, 0.2) is 0 Å². The number of benzene rings is 2. The van der Waals surface area contributed by atoms with Crippen LogP contribution in [0.4, 0.5) is 4.79 Å². The van der Waals surface area contributed by atoms with E-state index < -0.39 is 0 Å². The maximum absolute atomic E-state index is 11.6. The molecule has 0 unspecified atom stereocenters. The number of carbonyl (C=O) groups excluding carboxylic acids is 1. The second kappa shape index (κ2) is 6.69. The minimum absolute atomic E-state index is 0.0397. The molecule has 0 radical (unpaired) electrons. The molecule has 116 valence electrons. The summed E-state index contributed by atoms with van der Waals surface area (Å²) in [4.78, 5) is 11.6. The number of urea groups is 1. The van der Waals surface area contributed by atoms with Gasteiger partial charge in [-0.15, -0.1) is 0 Å². The zero-order chi connectivity index (χ0) is 15.4. The van der Waals surface area contributed by atoms with Gasteiger partial charge < -0.3 is 15.4 Å². The van der Waals surface area contributed by atoms with Gasteiger partial charge in [0.1, 0.15) is 5.75 Å². The van der Waals surface area contributed by atoms with Crippen molar-refractivity contribution in [1.29, 1.82) is 0 Å². The molecule has 1 saturated carbocycles. The van der Waals surface area contributed by atoms with E-state index in [4.69, 9.17) is 4.74 Å². The molecule has 1 aliphatic rings. The first kappa shape index (κ1) is 14.7. The molecule has 2 aromatic rings. The zero-order valence-electron chi connectivity index (χ0n) is 12.9. The Morgan fingerprint density at radius 2 is 2.14 bits per heavy atom. The van der Waals surface area contributed by atoms with Crippen molar-refractivity contribution in [2.45, 2.75) is 31.7 Å². The molecule has 0 atom stereocenters. The molecule has 1 fully saturated rings. The van der Waals surface area contributed by atoms with E-state index in [1.807, 2.05) is 6.07 Å². The van der Waals surface area contributed by atoms with Gasteiger partial charge in [0.2, 0.25) is 0 Å². The average Bonchev–Trinajstić information content (AvgIpc) is 3.35. The van der Waals surface area contributed by atoms with Crippen LogP contribution in [0, 0.1) is 0 Å². The van der Waals surface area contributed by atoms with Crippen LogP contribution < -0.4 is 15.4 Å². The van der Waals surface area contributed by atoms with Crippen LogP contribution in [0.15, 0.2) is 36.4 Å². The van der Waals surface area contributed by atoms with Crippen LogP contribution in [0.2, 0.25) is 0 Å². The highest BCUT2D eigenvalue weighted by Crippen LogP contribution is 2.24. The molecule has 1 aliphatic carbocycles. The predicted molar refractivity (Wildman–Crippen MR) is 88.4 cm³/mol. The lowest BCUT2D eigenvalue weighted by Crippen LogP contribution is -2.37. The minimum atomic E-state index is -0.0397. The quantitative estimate of drug-likeness (QED) is 0.804. The molecule has 0 aromatic heterocycles. The minimum Gasteiger partial charge on any atom is -0.497 e. The number of fused-ring (bicyclic) bond motifs is 1. The Bertz CT molecular complexity index is 665. The molecule has 0 aliphatic heterocycles. The number of amides is 2. The standard InChI is InChI=1S/C18H22N2O2/c1-22-16-10-7-14-5-2-4-13(17(14)12-16)6-3-11-19-18(21)20-15-8-9-15/h2,4-5,7,10,12,15H,3,6,8-9,11H2,1H3,(H2,19,20,21). The number of carbonyl (C=O) groups is 1. The third kappa shape index (κ3) is 3.70. The van der Waals surface area contributed by atoms with Crippen molar-refractivity contribution in [2.24, 2.45) is 0 Å². The predicted octanol–water partition coefficient (Wildman–Crippen LogP) is 3.24. The van der Waals surface area contributed by atoms with Gasteiger partial charge in [0.25, 0.3) is 0 Å². The van der Waals surface area contributed by atoms with Gasteiger partial charge in [-0.05, 0) is 54.2 Å². The molecule has 0 heterocycles. The van der Waals surface area contributed by atoms with Crippen molar-refractivity contribution in [2.75, 3.05) is 13.7 Å². The second-order valence-corrected chi connectivity index (χ2v) is 5.78. The second-order valence-electron chi connectivity index (χ2n) is 5.78. The first-order valence-electron chi connectivity index (χ1n) is 7.86. The van der Waals surface area contributed by atoms with Crippen LogP contribution in [0.25, 0.3) is 10.8 Å². The fraction of sp³-hybridized carbons (Fsp3) is 0.389. The molecule has 4 nitrogen and oxygen atoms in total. The fourth-order valence-electron chi connectivity index (χ4n) is 2.61. The third-order valence-electron chi connectivity index (χ3n) is 4.00. The largest absolute Gasteiger partial charge is 0.497 e. The van der Waals surface area contributed by atoms with Gasteiger partial charge in [-0.3, -0.25) is 0 Å². The third-order valence-corrected chi connectivity index (χ3v) is 4.00. The summed E-state index contributed by atoms with van der Waals surface area (Å²) < 4.78 is 5.31. The van der Waals surface area contributed by atoms with Crippen LogP contribution in [0.3, 0.4) is 0 Å². The number of hydrogen-bond acceptors (Lipinski definition) is 2. The summed E-state index contributed by atoms with van der Waals surface area (Å²) in [6.07, 6.45) is 4.10. The highest BCUT2D eigenvalue weighted by atomic mass is 16.5. The van der Waals surface area contributed by atoms with Gasteiger partial charge >= 0.3 is 6.03 Å². The molecule has 2 N–H and O–H groups in total. The van der Waals surface area contributed by atoms with Crippen molar-refractivity contribution < 1.29 is 9.53 Å².